The molecule has 2 aliphatic carbocycles. The summed E-state index contributed by atoms with van der Waals surface area (Å²) >= 11 is 0. The van der Waals surface area contributed by atoms with Crippen LogP contribution < -0.4 is 21.1 Å². The molecule has 2 fully saturated rings. The fraction of sp³-hybridized carbons (Fsp3) is 0.393. The van der Waals surface area contributed by atoms with E-state index in [1.54, 1.807) is 18.5 Å². The first-order chi connectivity index (χ1) is 17.8. The van der Waals surface area contributed by atoms with Crippen LogP contribution in [0.15, 0.2) is 42.7 Å². The monoisotopic (exact) mass is 524 g/mol. The average Bonchev–Trinajstić information content (AvgIpc) is 3.68. The van der Waals surface area contributed by atoms with E-state index in [4.69, 9.17) is 10.5 Å². The van der Waals surface area contributed by atoms with Crippen molar-refractivity contribution in [2.75, 3.05) is 11.9 Å². The Kier molecular flexibility index (Phi) is 7.50. The number of anilines is 1. The van der Waals surface area contributed by atoms with Crippen molar-refractivity contribution in [2.45, 2.75) is 51.0 Å². The summed E-state index contributed by atoms with van der Waals surface area (Å²) in [4.78, 5) is 21.6. The van der Waals surface area contributed by atoms with Gasteiger partial charge in [0.15, 0.2) is 0 Å². The highest BCUT2D eigenvalue weighted by Crippen LogP contribution is 2.38. The van der Waals surface area contributed by atoms with Gasteiger partial charge >= 0.3 is 0 Å². The Labute approximate surface area is 217 Å². The van der Waals surface area contributed by atoms with Crippen LogP contribution >= 0.6 is 9.24 Å². The van der Waals surface area contributed by atoms with Gasteiger partial charge in [-0.25, -0.2) is 13.8 Å². The van der Waals surface area contributed by atoms with E-state index in [0.29, 0.717) is 35.2 Å². The summed E-state index contributed by atoms with van der Waals surface area (Å²) < 4.78 is 35.6. The van der Waals surface area contributed by atoms with E-state index in [0.717, 1.165) is 43.7 Å². The first-order valence-corrected chi connectivity index (χ1v) is 13.3. The number of nitrogens with two attached hydrogens (primary N) is 1. The number of rotatable bonds is 7. The van der Waals surface area contributed by atoms with Crippen LogP contribution in [0.3, 0.4) is 0 Å². The molecule has 6 nitrogen and oxygen atoms in total. The zero-order valence-electron chi connectivity index (χ0n) is 20.7. The molecule has 1 aromatic carbocycles. The molecular formula is C28H31F2N4O2P. The fourth-order valence-corrected chi connectivity index (χ4v) is 5.58. The second-order valence-electron chi connectivity index (χ2n) is 10.3. The molecule has 2 heterocycles. The van der Waals surface area contributed by atoms with Crippen molar-refractivity contribution in [3.05, 3.63) is 65.6 Å². The third-order valence-electron chi connectivity index (χ3n) is 7.11. The minimum absolute atomic E-state index is 0.0248. The van der Waals surface area contributed by atoms with Crippen LogP contribution in [0.4, 0.5) is 14.5 Å². The third-order valence-corrected chi connectivity index (χ3v) is 7.57. The molecule has 1 unspecified atom stereocenters. The zero-order chi connectivity index (χ0) is 26.1. The molecule has 3 aromatic rings. The quantitative estimate of drug-likeness (QED) is 0.415. The lowest BCUT2D eigenvalue weighted by Gasteiger charge is -2.32. The van der Waals surface area contributed by atoms with E-state index < -0.39 is 17.5 Å². The highest BCUT2D eigenvalue weighted by molar-refractivity contribution is 7.28. The number of amides is 1. The van der Waals surface area contributed by atoms with E-state index in [1.165, 1.54) is 12.1 Å². The lowest BCUT2D eigenvalue weighted by Crippen LogP contribution is -2.31. The number of aromatic nitrogens is 2. The van der Waals surface area contributed by atoms with Crippen molar-refractivity contribution >= 4 is 26.1 Å². The number of hydrogen-bond acceptors (Lipinski definition) is 5. The van der Waals surface area contributed by atoms with Crippen LogP contribution in [0.5, 0.6) is 5.75 Å². The van der Waals surface area contributed by atoms with E-state index in [9.17, 15) is 9.18 Å². The number of carbonyl (C=O) groups excluding carboxylic acids is 1. The topological polar surface area (TPSA) is 90.1 Å². The number of halogens is 2. The minimum atomic E-state index is -0.724. The van der Waals surface area contributed by atoms with Gasteiger partial charge in [0, 0.05) is 23.9 Å². The van der Waals surface area contributed by atoms with Crippen LogP contribution in [0.1, 0.15) is 61.0 Å². The van der Waals surface area contributed by atoms with Crippen molar-refractivity contribution in [3.8, 4) is 17.0 Å². The normalized spacial score (nSPS) is 21.5. The molecule has 2 aliphatic rings. The largest absolute Gasteiger partial charge is 0.493 e. The maximum Gasteiger partial charge on any atom is 0.274 e. The molecule has 3 N–H and O–H groups in total. The Morgan fingerprint density at radius 2 is 1.97 bits per heavy atom. The molecule has 2 aromatic heterocycles. The van der Waals surface area contributed by atoms with Gasteiger partial charge in [-0.2, -0.15) is 0 Å². The Balaban J connectivity index is 1.39. The molecule has 0 radical (unpaired) electrons. The molecular weight excluding hydrogens is 493 g/mol. The van der Waals surface area contributed by atoms with Gasteiger partial charge in [-0.1, -0.05) is 6.92 Å². The van der Waals surface area contributed by atoms with Crippen molar-refractivity contribution in [3.63, 3.8) is 0 Å². The van der Waals surface area contributed by atoms with Crippen LogP contribution in [0, 0.1) is 23.5 Å². The van der Waals surface area contributed by atoms with Crippen LogP contribution in [-0.4, -0.2) is 28.5 Å². The summed E-state index contributed by atoms with van der Waals surface area (Å²) in [6.07, 6.45) is 8.31. The molecule has 9 heteroatoms. The maximum atomic E-state index is 15.1. The Bertz CT molecular complexity index is 1280. The number of hydrogen-bond donors (Lipinski definition) is 2. The summed E-state index contributed by atoms with van der Waals surface area (Å²) in [5.74, 6) is -0.343. The first-order valence-electron chi connectivity index (χ1n) is 12.7. The van der Waals surface area contributed by atoms with Gasteiger partial charge in [0.2, 0.25) is 0 Å². The minimum Gasteiger partial charge on any atom is -0.493 e. The first kappa shape index (κ1) is 25.7. The van der Waals surface area contributed by atoms with Crippen molar-refractivity contribution in [2.24, 2.45) is 17.6 Å². The Hall–Kier alpha value is -2.96. The van der Waals surface area contributed by atoms with E-state index >= 15 is 4.39 Å². The summed E-state index contributed by atoms with van der Waals surface area (Å²) in [5, 5.41) is 3.27. The molecule has 4 atom stereocenters. The highest BCUT2D eigenvalue weighted by Gasteiger charge is 2.28. The predicted molar refractivity (Wildman–Crippen MR) is 143 cm³/mol. The van der Waals surface area contributed by atoms with Crippen LogP contribution in [0.2, 0.25) is 0 Å². The number of nitrogens with one attached hydrogen (secondary N) is 1. The molecule has 0 bridgehead atoms. The second-order valence-corrected chi connectivity index (χ2v) is 11.0. The summed E-state index contributed by atoms with van der Waals surface area (Å²) in [5.41, 5.74) is 7.51. The second kappa shape index (κ2) is 10.8. The number of benzene rings is 1. The van der Waals surface area contributed by atoms with Crippen molar-refractivity contribution in [1.29, 1.82) is 0 Å². The van der Waals surface area contributed by atoms with E-state index in [1.807, 2.05) is 6.07 Å². The SMILES string of the molecule is C[C@@H]1C[C@H](N)C[C@H](c2ccncc2NC(=O)c2ccc(F)c(-c3c(F)cc(OCC4CC4)cc3P)n2)C1. The molecule has 194 valence electrons. The molecule has 37 heavy (non-hydrogen) atoms. The van der Waals surface area contributed by atoms with Gasteiger partial charge in [-0.05, 0) is 85.0 Å². The molecule has 0 saturated heterocycles. The van der Waals surface area contributed by atoms with Gasteiger partial charge in [0.1, 0.15) is 28.8 Å². The van der Waals surface area contributed by atoms with Gasteiger partial charge in [-0.3, -0.25) is 9.78 Å². The molecule has 0 spiro atoms. The fourth-order valence-electron chi connectivity index (χ4n) is 5.14. The predicted octanol–water partition coefficient (Wildman–Crippen LogP) is 5.19. The van der Waals surface area contributed by atoms with Gasteiger partial charge < -0.3 is 15.8 Å². The molecule has 1 amide bonds. The maximum absolute atomic E-state index is 15.1. The number of nitrogens with zero attached hydrogens (tertiary/aromatic N) is 2. The van der Waals surface area contributed by atoms with Gasteiger partial charge in [-0.15, -0.1) is 9.24 Å². The van der Waals surface area contributed by atoms with Crippen molar-refractivity contribution < 1.29 is 18.3 Å². The zero-order valence-corrected chi connectivity index (χ0v) is 21.9. The lowest BCUT2D eigenvalue weighted by atomic mass is 9.76. The van der Waals surface area contributed by atoms with Crippen molar-refractivity contribution in [1.82, 2.24) is 9.97 Å². The van der Waals surface area contributed by atoms with E-state index in [-0.39, 0.29) is 28.9 Å². The van der Waals surface area contributed by atoms with Gasteiger partial charge in [0.05, 0.1) is 18.5 Å². The smallest absolute Gasteiger partial charge is 0.274 e. The summed E-state index contributed by atoms with van der Waals surface area (Å²) in [7, 11) is 2.41. The number of pyridine rings is 2. The summed E-state index contributed by atoms with van der Waals surface area (Å²) in [6, 6.07) is 7.29. The van der Waals surface area contributed by atoms with Crippen LogP contribution in [-0.2, 0) is 0 Å². The average molecular weight is 525 g/mol. The lowest BCUT2D eigenvalue weighted by molar-refractivity contribution is 0.102. The third kappa shape index (κ3) is 5.97. The summed E-state index contributed by atoms with van der Waals surface area (Å²) in [6.45, 7) is 2.72. The number of ether oxygens (including phenoxy) is 1. The number of carbonyl (C=O) groups is 1. The Morgan fingerprint density at radius 1 is 1.16 bits per heavy atom. The van der Waals surface area contributed by atoms with E-state index in [2.05, 4.69) is 31.4 Å². The highest BCUT2D eigenvalue weighted by atomic mass is 31.0. The molecule has 5 rings (SSSR count). The van der Waals surface area contributed by atoms with Gasteiger partial charge in [0.25, 0.3) is 5.91 Å². The standard InChI is InChI=1S/C28H31F2N4O2P/c1-15-8-17(10-18(31)9-15)20-6-7-32-13-24(20)34-28(35)23-5-4-21(29)27(33-23)26-22(30)11-19(12-25(26)37)36-14-16-2-3-16/h4-7,11-13,15-18H,2-3,8-10,14,31,37H2,1H3,(H,34,35)/t15-,17+,18-/m0/s1. The Morgan fingerprint density at radius 3 is 2.70 bits per heavy atom. The molecule has 2 saturated carbocycles. The molecule has 0 aliphatic heterocycles. The van der Waals surface area contributed by atoms with Crippen LogP contribution in [0.25, 0.3) is 11.3 Å².